The van der Waals surface area contributed by atoms with E-state index in [2.05, 4.69) is 21.2 Å². The SMILES string of the molecule is CN1CCC(N2CCN(SCCCCC3CCCN3S(=O)(=O)c3cccc4ccccc34)CC2)CC1. The Kier molecular flexibility index (Phi) is 8.91. The molecule has 0 spiro atoms. The van der Waals surface area contributed by atoms with E-state index in [1.165, 1.54) is 39.0 Å². The fraction of sp³-hybridized carbons (Fsp3) is 0.643. The molecular formula is C28H42N4O2S2. The zero-order valence-corrected chi connectivity index (χ0v) is 23.4. The van der Waals surface area contributed by atoms with Crippen LogP contribution in [0, 0.1) is 0 Å². The highest BCUT2D eigenvalue weighted by molar-refractivity contribution is 7.97. The van der Waals surface area contributed by atoms with Crippen molar-refractivity contribution in [2.75, 3.05) is 58.6 Å². The van der Waals surface area contributed by atoms with Gasteiger partial charge in [-0.3, -0.25) is 4.90 Å². The number of benzene rings is 2. The predicted octanol–water partition coefficient (Wildman–Crippen LogP) is 4.52. The summed E-state index contributed by atoms with van der Waals surface area (Å²) in [6.45, 7) is 7.84. The monoisotopic (exact) mass is 530 g/mol. The van der Waals surface area contributed by atoms with E-state index in [-0.39, 0.29) is 6.04 Å². The lowest BCUT2D eigenvalue weighted by Gasteiger charge is -2.41. The molecule has 0 saturated carbocycles. The second-order valence-corrected chi connectivity index (χ2v) is 13.8. The molecule has 198 valence electrons. The van der Waals surface area contributed by atoms with Gasteiger partial charge in [0.05, 0.1) is 4.90 Å². The number of piperidine rings is 1. The van der Waals surface area contributed by atoms with Crippen LogP contribution in [0.25, 0.3) is 10.8 Å². The molecule has 3 heterocycles. The number of rotatable bonds is 9. The third-order valence-corrected chi connectivity index (χ3v) is 11.6. The minimum absolute atomic E-state index is 0.136. The first-order valence-electron chi connectivity index (χ1n) is 13.8. The molecule has 8 heteroatoms. The zero-order chi connectivity index (χ0) is 25.0. The molecule has 0 aliphatic carbocycles. The average molecular weight is 531 g/mol. The van der Waals surface area contributed by atoms with Gasteiger partial charge in [-0.15, -0.1) is 0 Å². The van der Waals surface area contributed by atoms with Crippen molar-refractivity contribution in [2.24, 2.45) is 0 Å². The standard InChI is InChI=1S/C28H42N4O2S2/c1-29-17-14-25(15-18-29)30-19-21-31(22-20-30)35-23-5-4-10-26-11-7-16-32(26)36(33,34)28-13-6-9-24-8-2-3-12-27(24)28/h2-3,6,8-9,12-13,25-26H,4-5,7,10-11,14-23H2,1H3. The molecule has 3 saturated heterocycles. The van der Waals surface area contributed by atoms with Gasteiger partial charge >= 0.3 is 0 Å². The van der Waals surface area contributed by atoms with E-state index < -0.39 is 10.0 Å². The van der Waals surface area contributed by atoms with Crippen LogP contribution >= 0.6 is 11.9 Å². The minimum Gasteiger partial charge on any atom is -0.306 e. The molecule has 3 fully saturated rings. The second-order valence-electron chi connectivity index (χ2n) is 10.7. The van der Waals surface area contributed by atoms with Gasteiger partial charge in [0.15, 0.2) is 0 Å². The van der Waals surface area contributed by atoms with Crippen LogP contribution in [-0.2, 0) is 10.0 Å². The van der Waals surface area contributed by atoms with Crippen molar-refractivity contribution in [1.82, 2.24) is 18.4 Å². The lowest BCUT2D eigenvalue weighted by molar-refractivity contribution is 0.0919. The number of fused-ring (bicyclic) bond motifs is 1. The highest BCUT2D eigenvalue weighted by atomic mass is 32.2. The average Bonchev–Trinajstić information content (AvgIpc) is 3.39. The van der Waals surface area contributed by atoms with Gasteiger partial charge in [-0.1, -0.05) is 54.8 Å². The first-order valence-corrected chi connectivity index (χ1v) is 16.2. The summed E-state index contributed by atoms with van der Waals surface area (Å²) in [7, 11) is -1.24. The predicted molar refractivity (Wildman–Crippen MR) is 151 cm³/mol. The number of likely N-dealkylation sites (tertiary alicyclic amines) is 1. The molecule has 0 bridgehead atoms. The third-order valence-electron chi connectivity index (χ3n) is 8.34. The molecule has 0 aromatic heterocycles. The van der Waals surface area contributed by atoms with E-state index in [9.17, 15) is 8.42 Å². The summed E-state index contributed by atoms with van der Waals surface area (Å²) in [5.74, 6) is 1.14. The van der Waals surface area contributed by atoms with E-state index >= 15 is 0 Å². The Labute approximate surface area is 222 Å². The van der Waals surface area contributed by atoms with E-state index in [0.29, 0.717) is 11.4 Å². The molecule has 2 aromatic carbocycles. The van der Waals surface area contributed by atoms with Crippen LogP contribution in [0.5, 0.6) is 0 Å². The van der Waals surface area contributed by atoms with Gasteiger partial charge in [-0.2, -0.15) is 4.31 Å². The lowest BCUT2D eigenvalue weighted by atomic mass is 10.0. The van der Waals surface area contributed by atoms with E-state index in [1.807, 2.05) is 48.3 Å². The zero-order valence-electron chi connectivity index (χ0n) is 21.7. The molecule has 1 atom stereocenters. The van der Waals surface area contributed by atoms with Crippen molar-refractivity contribution in [2.45, 2.75) is 61.9 Å². The van der Waals surface area contributed by atoms with Crippen LogP contribution in [0.1, 0.15) is 44.9 Å². The van der Waals surface area contributed by atoms with E-state index in [0.717, 1.165) is 67.8 Å². The van der Waals surface area contributed by atoms with Gasteiger partial charge in [-0.25, -0.2) is 12.7 Å². The second kappa shape index (κ2) is 12.1. The fourth-order valence-corrected chi connectivity index (χ4v) is 9.15. The Morgan fingerprint density at radius 1 is 0.861 bits per heavy atom. The van der Waals surface area contributed by atoms with Gasteiger partial charge in [0.25, 0.3) is 0 Å². The Morgan fingerprint density at radius 3 is 2.42 bits per heavy atom. The quantitative estimate of drug-likeness (QED) is 0.351. The number of hydrogen-bond acceptors (Lipinski definition) is 6. The number of piperazine rings is 1. The highest BCUT2D eigenvalue weighted by Crippen LogP contribution is 2.32. The third kappa shape index (κ3) is 6.11. The smallest absolute Gasteiger partial charge is 0.243 e. The molecule has 6 nitrogen and oxygen atoms in total. The number of unbranched alkanes of at least 4 members (excludes halogenated alkanes) is 1. The fourth-order valence-electron chi connectivity index (χ4n) is 6.19. The van der Waals surface area contributed by atoms with Crippen LogP contribution in [0.4, 0.5) is 0 Å². The van der Waals surface area contributed by atoms with Crippen molar-refractivity contribution in [3.05, 3.63) is 42.5 Å². The molecular weight excluding hydrogens is 488 g/mol. The van der Waals surface area contributed by atoms with Crippen molar-refractivity contribution in [3.8, 4) is 0 Å². The molecule has 2 aromatic rings. The van der Waals surface area contributed by atoms with Gasteiger partial charge in [0.2, 0.25) is 10.0 Å². The molecule has 0 radical (unpaired) electrons. The summed E-state index contributed by atoms with van der Waals surface area (Å²) in [5, 5.41) is 1.82. The molecule has 1 unspecified atom stereocenters. The minimum atomic E-state index is -3.48. The number of nitrogens with zero attached hydrogens (tertiary/aromatic N) is 4. The Hall–Kier alpha value is -1.16. The largest absolute Gasteiger partial charge is 0.306 e. The van der Waals surface area contributed by atoms with Crippen molar-refractivity contribution in [3.63, 3.8) is 0 Å². The summed E-state index contributed by atoms with van der Waals surface area (Å²) in [6.07, 6.45) is 7.79. The summed E-state index contributed by atoms with van der Waals surface area (Å²) in [6, 6.07) is 14.4. The molecule has 3 aliphatic heterocycles. The first-order chi connectivity index (χ1) is 17.5. The van der Waals surface area contributed by atoms with Crippen molar-refractivity contribution in [1.29, 1.82) is 0 Å². The van der Waals surface area contributed by atoms with Crippen molar-refractivity contribution >= 4 is 32.7 Å². The van der Waals surface area contributed by atoms with E-state index in [4.69, 9.17) is 0 Å². The Morgan fingerprint density at radius 2 is 1.61 bits per heavy atom. The summed E-state index contributed by atoms with van der Waals surface area (Å²) in [4.78, 5) is 5.63. The maximum Gasteiger partial charge on any atom is 0.243 e. The Bertz CT molecular complexity index is 1090. The van der Waals surface area contributed by atoms with Gasteiger partial charge in [0, 0.05) is 55.9 Å². The number of hydrogen-bond donors (Lipinski definition) is 0. The van der Waals surface area contributed by atoms with Crippen LogP contribution in [0.15, 0.2) is 47.4 Å². The maximum atomic E-state index is 13.6. The summed E-state index contributed by atoms with van der Waals surface area (Å²) in [5.41, 5.74) is 0. The van der Waals surface area contributed by atoms with Crippen LogP contribution in [0.3, 0.4) is 0 Å². The summed E-state index contributed by atoms with van der Waals surface area (Å²) < 4.78 is 31.6. The van der Waals surface area contributed by atoms with Gasteiger partial charge < -0.3 is 4.90 Å². The molecule has 0 amide bonds. The Balaban J connectivity index is 1.05. The topological polar surface area (TPSA) is 47.1 Å². The summed E-state index contributed by atoms with van der Waals surface area (Å²) >= 11 is 2.00. The lowest BCUT2D eigenvalue weighted by Crippen LogP contribution is -2.51. The maximum absolute atomic E-state index is 13.6. The van der Waals surface area contributed by atoms with Gasteiger partial charge in [0.1, 0.15) is 0 Å². The molecule has 0 N–H and O–H groups in total. The van der Waals surface area contributed by atoms with Crippen molar-refractivity contribution < 1.29 is 8.42 Å². The van der Waals surface area contributed by atoms with E-state index in [1.54, 1.807) is 10.4 Å². The first kappa shape index (κ1) is 26.4. The highest BCUT2D eigenvalue weighted by Gasteiger charge is 2.35. The van der Waals surface area contributed by atoms with Crippen LogP contribution in [-0.4, -0.2) is 97.5 Å². The molecule has 36 heavy (non-hydrogen) atoms. The number of sulfonamides is 1. The molecule has 5 rings (SSSR count). The van der Waals surface area contributed by atoms with Crippen LogP contribution in [0.2, 0.25) is 0 Å². The normalized spacial score (nSPS) is 24.1. The molecule has 3 aliphatic rings. The van der Waals surface area contributed by atoms with Gasteiger partial charge in [-0.05, 0) is 70.1 Å². The van der Waals surface area contributed by atoms with Crippen LogP contribution < -0.4 is 0 Å².